The molecule has 0 aliphatic carbocycles. The number of amides is 1. The highest BCUT2D eigenvalue weighted by Gasteiger charge is 2.25. The Morgan fingerprint density at radius 1 is 1.13 bits per heavy atom. The number of hydrogen-bond donors (Lipinski definition) is 0. The molecule has 1 aromatic carbocycles. The molecule has 2 aliphatic rings. The lowest BCUT2D eigenvalue weighted by Crippen LogP contribution is -2.38. The van der Waals surface area contributed by atoms with Crippen molar-refractivity contribution in [1.29, 1.82) is 0 Å². The topological polar surface area (TPSA) is 63.5 Å². The largest absolute Gasteiger partial charge is 0.378 e. The van der Waals surface area contributed by atoms with E-state index in [4.69, 9.17) is 4.74 Å². The van der Waals surface area contributed by atoms with Gasteiger partial charge in [0.1, 0.15) is 0 Å². The fourth-order valence-electron chi connectivity index (χ4n) is 3.92. The summed E-state index contributed by atoms with van der Waals surface area (Å²) < 4.78 is 7.57. The Morgan fingerprint density at radius 3 is 2.74 bits per heavy atom. The monoisotopic (exact) mass is 455 g/mol. The average Bonchev–Trinajstić information content (AvgIpc) is 3.45. The van der Waals surface area contributed by atoms with Gasteiger partial charge in [0.05, 0.1) is 24.7 Å². The van der Waals surface area contributed by atoms with Gasteiger partial charge in [-0.05, 0) is 42.5 Å². The Balaban J connectivity index is 1.35. The number of carbonyl (C=O) groups excluding carboxylic acids is 1. The Labute approximate surface area is 190 Å². The molecule has 9 heteroatoms. The predicted octanol–water partition coefficient (Wildman–Crippen LogP) is 3.15. The summed E-state index contributed by atoms with van der Waals surface area (Å²) in [5.41, 5.74) is 3.49. The van der Waals surface area contributed by atoms with Crippen LogP contribution in [0, 0.1) is 6.92 Å². The predicted molar refractivity (Wildman–Crippen MR) is 123 cm³/mol. The van der Waals surface area contributed by atoms with Crippen molar-refractivity contribution in [3.63, 3.8) is 0 Å². The van der Waals surface area contributed by atoms with Gasteiger partial charge in [-0.3, -0.25) is 9.36 Å². The normalized spacial score (nSPS) is 16.4. The molecule has 5 rings (SSSR count). The molecule has 0 unspecified atom stereocenters. The van der Waals surface area contributed by atoms with Crippen molar-refractivity contribution >= 4 is 35.0 Å². The van der Waals surface area contributed by atoms with Crippen LogP contribution < -0.4 is 4.90 Å². The maximum atomic E-state index is 12.9. The first-order chi connectivity index (χ1) is 15.2. The fourth-order valence-corrected chi connectivity index (χ4v) is 5.66. The van der Waals surface area contributed by atoms with Gasteiger partial charge in [0.2, 0.25) is 11.9 Å². The maximum absolute atomic E-state index is 12.9. The number of nitrogens with zero attached hydrogens (tertiary/aromatic N) is 5. The molecule has 4 heterocycles. The molecule has 0 spiro atoms. The van der Waals surface area contributed by atoms with Gasteiger partial charge in [0.15, 0.2) is 5.16 Å². The minimum Gasteiger partial charge on any atom is -0.378 e. The van der Waals surface area contributed by atoms with E-state index in [0.29, 0.717) is 25.5 Å². The third-order valence-electron chi connectivity index (χ3n) is 5.69. The van der Waals surface area contributed by atoms with Crippen LogP contribution in [0.4, 0.5) is 5.95 Å². The number of benzene rings is 1. The van der Waals surface area contributed by atoms with Gasteiger partial charge in [-0.15, -0.1) is 21.5 Å². The fraction of sp³-hybridized carbons (Fsp3) is 0.409. The highest BCUT2D eigenvalue weighted by Crippen LogP contribution is 2.29. The number of thioether (sulfide) groups is 1. The van der Waals surface area contributed by atoms with E-state index < -0.39 is 0 Å². The smallest absolute Gasteiger partial charge is 0.233 e. The van der Waals surface area contributed by atoms with E-state index in [2.05, 4.69) is 62.3 Å². The van der Waals surface area contributed by atoms with Crippen LogP contribution in [0.1, 0.15) is 16.0 Å². The average molecular weight is 456 g/mol. The third-order valence-corrected chi connectivity index (χ3v) is 7.62. The summed E-state index contributed by atoms with van der Waals surface area (Å²) in [7, 11) is 0. The van der Waals surface area contributed by atoms with Gasteiger partial charge < -0.3 is 14.5 Å². The first-order valence-electron chi connectivity index (χ1n) is 10.5. The van der Waals surface area contributed by atoms with Crippen LogP contribution in [-0.4, -0.2) is 64.2 Å². The van der Waals surface area contributed by atoms with Crippen molar-refractivity contribution in [3.8, 4) is 5.69 Å². The quantitative estimate of drug-likeness (QED) is 0.551. The Kier molecular flexibility index (Phi) is 5.97. The zero-order valence-corrected chi connectivity index (χ0v) is 19.1. The number of thiophene rings is 1. The van der Waals surface area contributed by atoms with Crippen molar-refractivity contribution in [3.05, 3.63) is 51.7 Å². The highest BCUT2D eigenvalue weighted by molar-refractivity contribution is 7.99. The number of carbonyl (C=O) groups is 1. The lowest BCUT2D eigenvalue weighted by atomic mass is 10.1. The third kappa shape index (κ3) is 4.35. The minimum absolute atomic E-state index is 0.147. The number of aromatic nitrogens is 3. The minimum atomic E-state index is 0.147. The molecule has 162 valence electrons. The van der Waals surface area contributed by atoms with Gasteiger partial charge in [-0.2, -0.15) is 0 Å². The highest BCUT2D eigenvalue weighted by atomic mass is 32.2. The van der Waals surface area contributed by atoms with Gasteiger partial charge in [-0.1, -0.05) is 29.5 Å². The van der Waals surface area contributed by atoms with Crippen LogP contribution >= 0.6 is 23.1 Å². The van der Waals surface area contributed by atoms with E-state index in [1.54, 1.807) is 11.3 Å². The van der Waals surface area contributed by atoms with Crippen molar-refractivity contribution in [1.82, 2.24) is 19.7 Å². The van der Waals surface area contributed by atoms with E-state index in [9.17, 15) is 4.79 Å². The molecule has 1 fully saturated rings. The maximum Gasteiger partial charge on any atom is 0.233 e. The molecule has 3 aromatic rings. The van der Waals surface area contributed by atoms with Crippen LogP contribution in [0.3, 0.4) is 0 Å². The summed E-state index contributed by atoms with van der Waals surface area (Å²) in [5.74, 6) is 1.31. The van der Waals surface area contributed by atoms with E-state index in [-0.39, 0.29) is 5.91 Å². The van der Waals surface area contributed by atoms with Gasteiger partial charge in [0, 0.05) is 31.1 Å². The molecule has 0 bridgehead atoms. The van der Waals surface area contributed by atoms with E-state index >= 15 is 0 Å². The molecule has 31 heavy (non-hydrogen) atoms. The number of ether oxygens (including phenoxy) is 1. The summed E-state index contributed by atoms with van der Waals surface area (Å²) in [4.78, 5) is 18.5. The molecule has 2 aromatic heterocycles. The second-order valence-electron chi connectivity index (χ2n) is 7.78. The van der Waals surface area contributed by atoms with Crippen LogP contribution in [-0.2, 0) is 22.5 Å². The van der Waals surface area contributed by atoms with Crippen LogP contribution in [0.2, 0.25) is 0 Å². The Morgan fingerprint density at radius 2 is 1.94 bits per heavy atom. The molecular formula is C22H25N5O2S2. The van der Waals surface area contributed by atoms with E-state index in [1.165, 1.54) is 27.8 Å². The number of hydrogen-bond acceptors (Lipinski definition) is 7. The molecule has 0 saturated carbocycles. The number of morpholine rings is 1. The molecule has 1 amide bonds. The van der Waals surface area contributed by atoms with Crippen LogP contribution in [0.15, 0.2) is 40.9 Å². The lowest BCUT2D eigenvalue weighted by molar-refractivity contribution is -0.129. The lowest BCUT2D eigenvalue weighted by Gasteiger charge is -2.28. The summed E-state index contributed by atoms with van der Waals surface area (Å²) >= 11 is 3.25. The summed E-state index contributed by atoms with van der Waals surface area (Å²) in [6.45, 7) is 6.50. The molecule has 7 nitrogen and oxygen atoms in total. The van der Waals surface area contributed by atoms with Crippen molar-refractivity contribution in [2.75, 3.05) is 43.5 Å². The molecule has 0 N–H and O–H groups in total. The van der Waals surface area contributed by atoms with Gasteiger partial charge in [-0.25, -0.2) is 0 Å². The van der Waals surface area contributed by atoms with E-state index in [1.807, 2.05) is 4.90 Å². The first-order valence-corrected chi connectivity index (χ1v) is 12.4. The zero-order valence-electron chi connectivity index (χ0n) is 17.5. The Bertz CT molecular complexity index is 1060. The summed E-state index contributed by atoms with van der Waals surface area (Å²) in [6, 6.07) is 10.5. The SMILES string of the molecule is Cc1ccc(-n2c(SCC(=O)N3CCc4sccc4C3)nnc2N2CCOCC2)cc1. The van der Waals surface area contributed by atoms with Crippen molar-refractivity contribution in [2.45, 2.75) is 25.0 Å². The molecule has 0 radical (unpaired) electrons. The van der Waals surface area contributed by atoms with Crippen LogP contribution in [0.5, 0.6) is 0 Å². The number of anilines is 1. The van der Waals surface area contributed by atoms with Gasteiger partial charge in [0.25, 0.3) is 0 Å². The zero-order chi connectivity index (χ0) is 21.2. The standard InChI is InChI=1S/C22H25N5O2S2/c1-16-2-4-18(5-3-16)27-21(25-9-11-29-12-10-25)23-24-22(27)31-15-20(28)26-8-6-19-17(14-26)7-13-30-19/h2-5,7,13H,6,8-12,14-15H2,1H3. The van der Waals surface area contributed by atoms with Crippen LogP contribution in [0.25, 0.3) is 5.69 Å². The Hall–Kier alpha value is -2.36. The second kappa shape index (κ2) is 9.02. The van der Waals surface area contributed by atoms with E-state index in [0.717, 1.165) is 42.8 Å². The second-order valence-corrected chi connectivity index (χ2v) is 9.72. The number of rotatable bonds is 5. The first kappa shape index (κ1) is 20.5. The van der Waals surface area contributed by atoms with Crippen molar-refractivity contribution < 1.29 is 9.53 Å². The molecule has 0 atom stereocenters. The number of fused-ring (bicyclic) bond motifs is 1. The van der Waals surface area contributed by atoms with Crippen molar-refractivity contribution in [2.24, 2.45) is 0 Å². The number of aryl methyl sites for hydroxylation is 1. The summed E-state index contributed by atoms with van der Waals surface area (Å²) in [6.07, 6.45) is 0.949. The summed E-state index contributed by atoms with van der Waals surface area (Å²) in [5, 5.41) is 11.8. The molecule has 1 saturated heterocycles. The van der Waals surface area contributed by atoms with Gasteiger partial charge >= 0.3 is 0 Å². The molecular weight excluding hydrogens is 430 g/mol. The molecule has 2 aliphatic heterocycles.